The van der Waals surface area contributed by atoms with Crippen LogP contribution in [0.4, 0.5) is 0 Å². The van der Waals surface area contributed by atoms with Gasteiger partial charge in [-0.25, -0.2) is 0 Å². The third kappa shape index (κ3) is 4.99. The second-order valence-corrected chi connectivity index (χ2v) is 11.6. The number of unbranched alkanes of at least 4 members (excludes halogenated alkanes) is 1. The van der Waals surface area contributed by atoms with Crippen molar-refractivity contribution < 1.29 is 0 Å². The maximum atomic E-state index is 2.47. The molecular weight excluding hydrogens is 319 g/mol. The van der Waals surface area contributed by atoms with E-state index in [1.807, 2.05) is 0 Å². The fourth-order valence-electron chi connectivity index (χ4n) is 1.98. The van der Waals surface area contributed by atoms with Gasteiger partial charge in [0.1, 0.15) is 0 Å². The monoisotopic (exact) mass is 346 g/mol. The molecule has 1 aromatic carbocycles. The van der Waals surface area contributed by atoms with Crippen LogP contribution in [0.2, 0.25) is 0 Å². The van der Waals surface area contributed by atoms with Crippen molar-refractivity contribution in [3.05, 3.63) is 35.4 Å². The fraction of sp³-hybridized carbons (Fsp3) is 0.625. The first-order valence-corrected chi connectivity index (χ1v) is 11.2. The summed E-state index contributed by atoms with van der Waals surface area (Å²) in [6, 6.07) is 9.25. The van der Waals surface area contributed by atoms with Crippen molar-refractivity contribution in [2.24, 2.45) is 0 Å². The molecule has 1 heteroatoms. The number of alkyl halides is 3. The molecule has 0 N–H and O–H groups in total. The summed E-state index contributed by atoms with van der Waals surface area (Å²) < 4.78 is 3.94. The fourth-order valence-corrected chi connectivity index (χ4v) is 8.95. The van der Waals surface area contributed by atoms with Gasteiger partial charge in [-0.15, -0.1) is 0 Å². The van der Waals surface area contributed by atoms with Crippen molar-refractivity contribution in [1.29, 1.82) is 0 Å². The van der Waals surface area contributed by atoms with E-state index in [0.29, 0.717) is 0 Å². The minimum atomic E-state index is -0.774. The quantitative estimate of drug-likeness (QED) is 0.434. The summed E-state index contributed by atoms with van der Waals surface area (Å²) >= 11 is -0.774. The first-order chi connectivity index (χ1) is 8.19. The molecule has 1 rings (SSSR count). The Morgan fingerprint density at radius 2 is 1.65 bits per heavy atom. The Hall–Kier alpha value is -0.0500. The van der Waals surface area contributed by atoms with Crippen molar-refractivity contribution >= 4 is 19.8 Å². The third-order valence-electron chi connectivity index (χ3n) is 3.16. The van der Waals surface area contributed by atoms with E-state index in [1.165, 1.54) is 29.3 Å². The Kier molecular flexibility index (Phi) is 7.17. The first-order valence-electron chi connectivity index (χ1n) is 6.85. The van der Waals surface area contributed by atoms with Crippen molar-refractivity contribution in [1.82, 2.24) is 0 Å². The molecule has 0 aromatic heterocycles. The van der Waals surface area contributed by atoms with Gasteiger partial charge in [0.2, 0.25) is 0 Å². The zero-order valence-electron chi connectivity index (χ0n) is 11.8. The third-order valence-corrected chi connectivity index (χ3v) is 11.1. The van der Waals surface area contributed by atoms with Crippen molar-refractivity contribution in [3.8, 4) is 0 Å². The molecule has 0 amide bonds. The van der Waals surface area contributed by atoms with E-state index >= 15 is 0 Å². The van der Waals surface area contributed by atoms with Crippen LogP contribution in [-0.2, 0) is 0 Å². The Labute approximate surface area is 115 Å². The predicted octanol–water partition coefficient (Wildman–Crippen LogP) is 5.77. The number of hydrogen-bond acceptors (Lipinski definition) is 0. The zero-order chi connectivity index (χ0) is 12.7. The van der Waals surface area contributed by atoms with Crippen molar-refractivity contribution in [3.63, 3.8) is 0 Å². The molecule has 0 bridgehead atoms. The second kappa shape index (κ2) is 8.12. The molecule has 98 valence electrons. The molecule has 0 aliphatic heterocycles. The van der Waals surface area contributed by atoms with E-state index in [1.54, 1.807) is 9.99 Å². The molecule has 0 fully saturated rings. The molecule has 0 radical (unpaired) electrons. The van der Waals surface area contributed by atoms with Crippen LogP contribution in [0.5, 0.6) is 0 Å². The van der Waals surface area contributed by atoms with Crippen LogP contribution in [0.1, 0.15) is 55.1 Å². The summed E-state index contributed by atoms with van der Waals surface area (Å²) in [5.74, 6) is 0. The molecule has 0 heterocycles. The summed E-state index contributed by atoms with van der Waals surface area (Å²) in [7, 11) is 0. The zero-order valence-corrected chi connectivity index (χ0v) is 14.0. The second-order valence-electron chi connectivity index (χ2n) is 4.76. The SMILES string of the molecule is CCCCI(CCC)C(C)c1ccc(C)cc1. The number of hydrogen-bond donors (Lipinski definition) is 0. The summed E-state index contributed by atoms with van der Waals surface area (Å²) in [6.45, 7) is 9.31. The minimum absolute atomic E-state index is 0.774. The van der Waals surface area contributed by atoms with Crippen LogP contribution in [-0.4, -0.2) is 8.86 Å². The van der Waals surface area contributed by atoms with Crippen LogP contribution in [0.3, 0.4) is 0 Å². The number of benzene rings is 1. The topological polar surface area (TPSA) is 0 Å². The molecule has 0 aliphatic rings. The van der Waals surface area contributed by atoms with Gasteiger partial charge < -0.3 is 0 Å². The van der Waals surface area contributed by atoms with Crippen LogP contribution in [0.25, 0.3) is 0 Å². The Balaban J connectivity index is 2.68. The average Bonchev–Trinajstić information content (AvgIpc) is 2.34. The van der Waals surface area contributed by atoms with Crippen LogP contribution in [0, 0.1) is 6.92 Å². The molecule has 0 saturated heterocycles. The van der Waals surface area contributed by atoms with Gasteiger partial charge in [-0.3, -0.25) is 0 Å². The molecule has 0 nitrogen and oxygen atoms in total. The van der Waals surface area contributed by atoms with E-state index < -0.39 is 19.8 Å². The Bertz CT molecular complexity index is 302. The van der Waals surface area contributed by atoms with Crippen molar-refractivity contribution in [2.45, 2.75) is 50.9 Å². The normalized spacial score (nSPS) is 13.5. The van der Waals surface area contributed by atoms with Gasteiger partial charge in [0, 0.05) is 0 Å². The molecule has 17 heavy (non-hydrogen) atoms. The summed E-state index contributed by atoms with van der Waals surface area (Å²) in [5, 5.41) is 0. The molecule has 1 unspecified atom stereocenters. The van der Waals surface area contributed by atoms with Gasteiger partial charge in [-0.1, -0.05) is 0 Å². The summed E-state index contributed by atoms with van der Waals surface area (Å²) in [6.07, 6.45) is 4.18. The first kappa shape index (κ1) is 15.0. The van der Waals surface area contributed by atoms with Gasteiger partial charge in [0.05, 0.1) is 0 Å². The van der Waals surface area contributed by atoms with E-state index in [2.05, 4.69) is 52.0 Å². The Morgan fingerprint density at radius 1 is 1.00 bits per heavy atom. The van der Waals surface area contributed by atoms with Gasteiger partial charge in [-0.2, -0.15) is 0 Å². The predicted molar refractivity (Wildman–Crippen MR) is 88.5 cm³/mol. The number of halogens is 1. The Morgan fingerprint density at radius 3 is 2.18 bits per heavy atom. The van der Waals surface area contributed by atoms with Crippen LogP contribution in [0.15, 0.2) is 24.3 Å². The summed E-state index contributed by atoms with van der Waals surface area (Å²) in [4.78, 5) is 0. The number of aryl methyl sites for hydroxylation is 1. The van der Waals surface area contributed by atoms with E-state index in [9.17, 15) is 0 Å². The molecule has 0 spiro atoms. The van der Waals surface area contributed by atoms with Crippen LogP contribution >= 0.6 is 19.8 Å². The van der Waals surface area contributed by atoms with Crippen molar-refractivity contribution in [2.75, 3.05) is 8.86 Å². The molecule has 1 aromatic rings. The molecule has 1 atom stereocenters. The average molecular weight is 346 g/mol. The van der Waals surface area contributed by atoms with E-state index in [-0.39, 0.29) is 0 Å². The van der Waals surface area contributed by atoms with E-state index in [4.69, 9.17) is 0 Å². The van der Waals surface area contributed by atoms with Gasteiger partial charge >= 0.3 is 115 Å². The van der Waals surface area contributed by atoms with Gasteiger partial charge in [0.25, 0.3) is 0 Å². The van der Waals surface area contributed by atoms with E-state index in [0.717, 1.165) is 3.92 Å². The van der Waals surface area contributed by atoms with Gasteiger partial charge in [0.15, 0.2) is 0 Å². The standard InChI is InChI=1S/C16H27I/c1-5-7-13-17(12-6-2)15(4)16-10-8-14(3)9-11-16/h8-11,15H,5-7,12-13H2,1-4H3. The number of rotatable bonds is 7. The molecule has 0 saturated carbocycles. The van der Waals surface area contributed by atoms with Gasteiger partial charge in [-0.05, 0) is 0 Å². The molecular formula is C16H27I. The molecule has 0 aliphatic carbocycles. The van der Waals surface area contributed by atoms with Crippen LogP contribution < -0.4 is 0 Å². The summed E-state index contributed by atoms with van der Waals surface area (Å²) in [5.41, 5.74) is 2.97. The maximum absolute atomic E-state index is 2.47.